The van der Waals surface area contributed by atoms with Gasteiger partial charge in [0, 0.05) is 16.9 Å². The topological polar surface area (TPSA) is 38.3 Å². The van der Waals surface area contributed by atoms with E-state index in [1.165, 1.54) is 0 Å². The molecule has 1 rings (SSSR count). The summed E-state index contributed by atoms with van der Waals surface area (Å²) in [6.45, 7) is 5.72. The number of halogens is 2. The molecule has 5 heteroatoms. The van der Waals surface area contributed by atoms with Crippen LogP contribution in [0.3, 0.4) is 0 Å². The van der Waals surface area contributed by atoms with E-state index < -0.39 is 6.10 Å². The first kappa shape index (κ1) is 16.1. The van der Waals surface area contributed by atoms with Crippen LogP contribution in [0.2, 0.25) is 5.02 Å². The summed E-state index contributed by atoms with van der Waals surface area (Å²) < 4.78 is 5.54. The molecule has 0 saturated carbocycles. The molecule has 19 heavy (non-hydrogen) atoms. The number of hydrogen-bond donors (Lipinski definition) is 1. The average molecular weight is 304 g/mol. The number of carbonyl (C=O) groups excluding carboxylic acids is 1. The highest BCUT2D eigenvalue weighted by Crippen LogP contribution is 2.18. The second kappa shape index (κ2) is 7.61. The number of alkyl halides is 1. The Morgan fingerprint density at radius 2 is 2.05 bits per heavy atom. The molecule has 2 atom stereocenters. The van der Waals surface area contributed by atoms with Gasteiger partial charge in [-0.1, -0.05) is 31.5 Å². The molecule has 0 saturated heterocycles. The lowest BCUT2D eigenvalue weighted by molar-refractivity contribution is -0.128. The molecule has 0 aliphatic rings. The van der Waals surface area contributed by atoms with Gasteiger partial charge in [0.1, 0.15) is 5.75 Å². The molecule has 106 valence electrons. The molecule has 0 spiro atoms. The Bertz CT molecular complexity index is 424. The van der Waals surface area contributed by atoms with Crippen molar-refractivity contribution in [1.29, 1.82) is 0 Å². The van der Waals surface area contributed by atoms with E-state index in [4.69, 9.17) is 27.9 Å². The molecular formula is C14H19Cl2NO2. The lowest BCUT2D eigenvalue weighted by Gasteiger charge is -2.22. The van der Waals surface area contributed by atoms with E-state index in [-0.39, 0.29) is 17.9 Å². The Hall–Kier alpha value is -0.930. The third kappa shape index (κ3) is 5.29. The highest BCUT2D eigenvalue weighted by atomic mass is 35.5. The third-order valence-electron chi connectivity index (χ3n) is 2.78. The summed E-state index contributed by atoms with van der Waals surface area (Å²) in [4.78, 5) is 12.0. The van der Waals surface area contributed by atoms with Gasteiger partial charge < -0.3 is 10.1 Å². The van der Waals surface area contributed by atoms with Crippen LogP contribution in [0.4, 0.5) is 0 Å². The molecule has 1 aromatic rings. The van der Waals surface area contributed by atoms with E-state index in [0.717, 1.165) is 0 Å². The maximum Gasteiger partial charge on any atom is 0.261 e. The first-order valence-corrected chi connectivity index (χ1v) is 7.14. The molecule has 0 radical (unpaired) electrons. The van der Waals surface area contributed by atoms with Crippen LogP contribution in [-0.2, 0) is 4.79 Å². The smallest absolute Gasteiger partial charge is 0.261 e. The second-order valence-corrected chi connectivity index (χ2v) is 5.48. The highest BCUT2D eigenvalue weighted by Gasteiger charge is 2.20. The molecule has 2 unspecified atom stereocenters. The molecule has 1 N–H and O–H groups in total. The molecule has 1 amide bonds. The minimum atomic E-state index is -0.595. The standard InChI is InChI=1S/C14H19Cl2NO2/c1-9(2)13(8-15)17-14(18)10(3)19-12-6-4-5-11(16)7-12/h4-7,9-10,13H,8H2,1-3H3,(H,17,18). The monoisotopic (exact) mass is 303 g/mol. The number of carbonyl (C=O) groups is 1. The molecule has 0 aliphatic heterocycles. The lowest BCUT2D eigenvalue weighted by Crippen LogP contribution is -2.45. The van der Waals surface area contributed by atoms with E-state index >= 15 is 0 Å². The number of hydrogen-bond acceptors (Lipinski definition) is 2. The Kier molecular flexibility index (Phi) is 6.46. The van der Waals surface area contributed by atoms with Gasteiger partial charge in [0.15, 0.2) is 6.10 Å². The minimum Gasteiger partial charge on any atom is -0.481 e. The number of amides is 1. The van der Waals surface area contributed by atoms with Crippen molar-refractivity contribution in [1.82, 2.24) is 5.32 Å². The Labute approximate surface area is 124 Å². The van der Waals surface area contributed by atoms with Crippen molar-refractivity contribution >= 4 is 29.1 Å². The fourth-order valence-corrected chi connectivity index (χ4v) is 2.10. The van der Waals surface area contributed by atoms with Crippen molar-refractivity contribution in [3.05, 3.63) is 29.3 Å². The van der Waals surface area contributed by atoms with Crippen LogP contribution in [0.15, 0.2) is 24.3 Å². The van der Waals surface area contributed by atoms with E-state index in [1.807, 2.05) is 13.8 Å². The van der Waals surface area contributed by atoms with Crippen LogP contribution in [-0.4, -0.2) is 23.9 Å². The lowest BCUT2D eigenvalue weighted by atomic mass is 10.1. The van der Waals surface area contributed by atoms with E-state index in [2.05, 4.69) is 5.32 Å². The van der Waals surface area contributed by atoms with Crippen LogP contribution in [0.5, 0.6) is 5.75 Å². The normalized spacial score (nSPS) is 14.0. The number of benzene rings is 1. The predicted molar refractivity (Wildman–Crippen MR) is 79.0 cm³/mol. The zero-order valence-electron chi connectivity index (χ0n) is 11.3. The van der Waals surface area contributed by atoms with Gasteiger partial charge in [-0.05, 0) is 31.0 Å². The average Bonchev–Trinajstić information content (AvgIpc) is 2.35. The quantitative estimate of drug-likeness (QED) is 0.817. The van der Waals surface area contributed by atoms with Gasteiger partial charge in [-0.2, -0.15) is 0 Å². The predicted octanol–water partition coefficient (Wildman–Crippen LogP) is 3.49. The van der Waals surface area contributed by atoms with E-state index in [0.29, 0.717) is 16.7 Å². The third-order valence-corrected chi connectivity index (χ3v) is 3.34. The Balaban J connectivity index is 2.57. The minimum absolute atomic E-state index is 0.0559. The Morgan fingerprint density at radius 1 is 1.37 bits per heavy atom. The van der Waals surface area contributed by atoms with Gasteiger partial charge in [0.2, 0.25) is 0 Å². The van der Waals surface area contributed by atoms with Crippen molar-refractivity contribution in [2.45, 2.75) is 32.9 Å². The summed E-state index contributed by atoms with van der Waals surface area (Å²) in [5.41, 5.74) is 0. The Morgan fingerprint density at radius 3 is 2.58 bits per heavy atom. The van der Waals surface area contributed by atoms with Gasteiger partial charge in [-0.3, -0.25) is 4.79 Å². The maximum absolute atomic E-state index is 12.0. The number of rotatable bonds is 6. The van der Waals surface area contributed by atoms with Crippen molar-refractivity contribution in [2.24, 2.45) is 5.92 Å². The first-order chi connectivity index (χ1) is 8.93. The van der Waals surface area contributed by atoms with Gasteiger partial charge in [-0.15, -0.1) is 11.6 Å². The summed E-state index contributed by atoms with van der Waals surface area (Å²) >= 11 is 11.7. The summed E-state index contributed by atoms with van der Waals surface area (Å²) in [6.07, 6.45) is -0.595. The molecule has 1 aromatic carbocycles. The highest BCUT2D eigenvalue weighted by molar-refractivity contribution is 6.30. The van der Waals surface area contributed by atoms with Crippen LogP contribution < -0.4 is 10.1 Å². The van der Waals surface area contributed by atoms with Gasteiger partial charge in [0.25, 0.3) is 5.91 Å². The molecular weight excluding hydrogens is 285 g/mol. The molecule has 0 heterocycles. The van der Waals surface area contributed by atoms with Crippen molar-refractivity contribution in [3.63, 3.8) is 0 Å². The second-order valence-electron chi connectivity index (χ2n) is 4.73. The molecule has 0 bridgehead atoms. The van der Waals surface area contributed by atoms with Crippen LogP contribution >= 0.6 is 23.2 Å². The van der Waals surface area contributed by atoms with Crippen LogP contribution in [0, 0.1) is 5.92 Å². The van der Waals surface area contributed by atoms with Crippen LogP contribution in [0.1, 0.15) is 20.8 Å². The van der Waals surface area contributed by atoms with Crippen molar-refractivity contribution in [3.8, 4) is 5.75 Å². The van der Waals surface area contributed by atoms with Crippen molar-refractivity contribution in [2.75, 3.05) is 5.88 Å². The van der Waals surface area contributed by atoms with E-state index in [9.17, 15) is 4.79 Å². The van der Waals surface area contributed by atoms with Gasteiger partial charge in [-0.25, -0.2) is 0 Å². The molecule has 0 aliphatic carbocycles. The summed E-state index contributed by atoms with van der Waals surface area (Å²) in [5.74, 6) is 1.05. The fourth-order valence-electron chi connectivity index (χ4n) is 1.48. The summed E-state index contributed by atoms with van der Waals surface area (Å²) in [6, 6.07) is 6.91. The zero-order valence-corrected chi connectivity index (χ0v) is 12.8. The number of ether oxygens (including phenoxy) is 1. The van der Waals surface area contributed by atoms with Gasteiger partial charge in [0.05, 0.1) is 0 Å². The van der Waals surface area contributed by atoms with Gasteiger partial charge >= 0.3 is 0 Å². The molecule has 0 fully saturated rings. The zero-order chi connectivity index (χ0) is 14.4. The molecule has 3 nitrogen and oxygen atoms in total. The van der Waals surface area contributed by atoms with Crippen LogP contribution in [0.25, 0.3) is 0 Å². The largest absolute Gasteiger partial charge is 0.481 e. The summed E-state index contributed by atoms with van der Waals surface area (Å²) in [7, 11) is 0. The van der Waals surface area contributed by atoms with E-state index in [1.54, 1.807) is 31.2 Å². The number of nitrogens with one attached hydrogen (secondary N) is 1. The maximum atomic E-state index is 12.0. The fraction of sp³-hybridized carbons (Fsp3) is 0.500. The first-order valence-electron chi connectivity index (χ1n) is 6.22. The molecule has 0 aromatic heterocycles. The summed E-state index contributed by atoms with van der Waals surface area (Å²) in [5, 5.41) is 3.45. The SMILES string of the molecule is CC(Oc1cccc(Cl)c1)C(=O)NC(CCl)C(C)C. The van der Waals surface area contributed by atoms with Crippen molar-refractivity contribution < 1.29 is 9.53 Å².